The smallest absolute Gasteiger partial charge is 0 e. The molecule has 5 heteroatoms. The van der Waals surface area contributed by atoms with Gasteiger partial charge in [-0.25, -0.2) is 0 Å². The molecule has 0 spiro atoms. The van der Waals surface area contributed by atoms with Crippen molar-refractivity contribution in [2.24, 2.45) is 0 Å². The van der Waals surface area contributed by atoms with E-state index >= 15 is 0 Å². The quantitative estimate of drug-likeness (QED) is 0.472. The number of rotatable bonds is 0. The van der Waals surface area contributed by atoms with Crippen LogP contribution in [0, 0.1) is 0 Å². The van der Waals surface area contributed by atoms with Gasteiger partial charge in [0.25, 0.3) is 0 Å². The standard InChI is InChI=1S/Au.H3N.2H2O.H4Si/h;1H3;2*1H2;1H4. The Hall–Kier alpha value is 0.837. The van der Waals surface area contributed by atoms with Crippen molar-refractivity contribution in [2.75, 3.05) is 0 Å². The second-order valence-electron chi connectivity index (χ2n) is 0. The van der Waals surface area contributed by atoms with Gasteiger partial charge in [0.2, 0.25) is 0 Å². The fraction of sp³-hybridized carbons (Fsp3) is 0. The molecule has 5 heavy (non-hydrogen) atoms. The van der Waals surface area contributed by atoms with E-state index in [1.165, 1.54) is 0 Å². The van der Waals surface area contributed by atoms with Crippen LogP contribution in [0.5, 0.6) is 0 Å². The molecule has 0 amide bonds. The van der Waals surface area contributed by atoms with E-state index in [1.807, 2.05) is 0 Å². The molecule has 3 nitrogen and oxygen atoms in total. The Balaban J connectivity index is 0. The first-order valence-electron chi connectivity index (χ1n) is 0. The SMILES string of the molecule is N.O.O.[Au].[SiH4]. The molecule has 0 unspecified atom stereocenters. The van der Waals surface area contributed by atoms with Gasteiger partial charge >= 0.3 is 0 Å². The maximum absolute atomic E-state index is 0. The molecule has 0 rings (SSSR count). The summed E-state index contributed by atoms with van der Waals surface area (Å²) in [6, 6.07) is 0. The zero-order valence-electron chi connectivity index (χ0n) is 2.01. The van der Waals surface area contributed by atoms with Crippen LogP contribution in [-0.4, -0.2) is 21.9 Å². The van der Waals surface area contributed by atoms with Crippen LogP contribution in [-0.2, 0) is 22.4 Å². The molecule has 43 valence electrons. The van der Waals surface area contributed by atoms with Gasteiger partial charge in [-0.05, 0) is 11.0 Å². The molecule has 0 saturated carbocycles. The average Bonchev–Trinajstić information content (AvgIpc) is 0. The molecule has 0 aliphatic carbocycles. The van der Waals surface area contributed by atoms with Crippen LogP contribution in [0.25, 0.3) is 0 Å². The summed E-state index contributed by atoms with van der Waals surface area (Å²) in [6.07, 6.45) is 0. The third-order valence-electron chi connectivity index (χ3n) is 0. The molecule has 0 atom stereocenters. The summed E-state index contributed by atoms with van der Waals surface area (Å²) in [7, 11) is 0. The monoisotopic (exact) mass is 282 g/mol. The van der Waals surface area contributed by atoms with Crippen molar-refractivity contribution < 1.29 is 33.3 Å². The summed E-state index contributed by atoms with van der Waals surface area (Å²) in [5, 5.41) is 0. The number of hydrogen-bond acceptors (Lipinski definition) is 1. The van der Waals surface area contributed by atoms with E-state index in [9.17, 15) is 0 Å². The molecule has 0 aromatic heterocycles. The van der Waals surface area contributed by atoms with Gasteiger partial charge in [0.15, 0.2) is 0 Å². The minimum absolute atomic E-state index is 0. The third kappa shape index (κ3) is 55.6. The Morgan fingerprint density at radius 3 is 0.800 bits per heavy atom. The average molecular weight is 282 g/mol. The first-order valence-corrected chi connectivity index (χ1v) is 0. The second-order valence-corrected chi connectivity index (χ2v) is 0. The molecule has 0 heterocycles. The van der Waals surface area contributed by atoms with Gasteiger partial charge in [-0.15, -0.1) is 0 Å². The second kappa shape index (κ2) is 102. The molecule has 0 fully saturated rings. The van der Waals surface area contributed by atoms with Crippen molar-refractivity contribution in [2.45, 2.75) is 0 Å². The third-order valence-corrected chi connectivity index (χ3v) is 0. The molecule has 1 radical (unpaired) electrons. The van der Waals surface area contributed by atoms with Crippen LogP contribution in [0.1, 0.15) is 0 Å². The minimum atomic E-state index is 0. The van der Waals surface area contributed by atoms with Gasteiger partial charge in [0.1, 0.15) is 0 Å². The van der Waals surface area contributed by atoms with E-state index in [1.54, 1.807) is 0 Å². The molecule has 0 aromatic rings. The Labute approximate surface area is 50.9 Å². The zero-order chi connectivity index (χ0) is 0. The van der Waals surface area contributed by atoms with Gasteiger partial charge in [-0.1, -0.05) is 0 Å². The van der Waals surface area contributed by atoms with E-state index in [4.69, 9.17) is 0 Å². The van der Waals surface area contributed by atoms with Crippen molar-refractivity contribution in [3.8, 4) is 0 Å². The first-order chi connectivity index (χ1) is 0. The fourth-order valence-electron chi connectivity index (χ4n) is 0. The topological polar surface area (TPSA) is 98.0 Å². The minimum Gasteiger partial charge on any atom is -0.412 e. The van der Waals surface area contributed by atoms with Crippen LogP contribution >= 0.6 is 0 Å². The van der Waals surface area contributed by atoms with Crippen molar-refractivity contribution in [3.05, 3.63) is 0 Å². The molecule has 0 saturated heterocycles. The fourth-order valence-corrected chi connectivity index (χ4v) is 0. The van der Waals surface area contributed by atoms with Crippen molar-refractivity contribution in [1.82, 2.24) is 6.15 Å². The molecule has 0 aromatic carbocycles. The van der Waals surface area contributed by atoms with Crippen molar-refractivity contribution >= 4 is 11.0 Å². The Morgan fingerprint density at radius 1 is 0.800 bits per heavy atom. The maximum Gasteiger partial charge on any atom is 0 e. The van der Waals surface area contributed by atoms with Crippen LogP contribution in [0.3, 0.4) is 0 Å². The predicted molar refractivity (Wildman–Crippen MR) is 23.6 cm³/mol. The zero-order valence-corrected chi connectivity index (χ0v) is 4.18. The summed E-state index contributed by atoms with van der Waals surface area (Å²) in [5.74, 6) is 0. The van der Waals surface area contributed by atoms with Crippen LogP contribution < -0.4 is 6.15 Å². The first kappa shape index (κ1) is 195. The van der Waals surface area contributed by atoms with E-state index < -0.39 is 0 Å². The number of hydrogen-bond donors (Lipinski definition) is 1. The van der Waals surface area contributed by atoms with Gasteiger partial charge in [-0.2, -0.15) is 0 Å². The molecular weight excluding hydrogens is 271 g/mol. The van der Waals surface area contributed by atoms with Crippen molar-refractivity contribution in [1.29, 1.82) is 0 Å². The van der Waals surface area contributed by atoms with Gasteiger partial charge < -0.3 is 17.1 Å². The summed E-state index contributed by atoms with van der Waals surface area (Å²) >= 11 is 0. The molecule has 0 aliphatic rings. The van der Waals surface area contributed by atoms with Crippen LogP contribution in [0.15, 0.2) is 0 Å². The van der Waals surface area contributed by atoms with E-state index in [0.29, 0.717) is 0 Å². The molecule has 0 bridgehead atoms. The van der Waals surface area contributed by atoms with Gasteiger partial charge in [0.05, 0.1) is 0 Å². The van der Waals surface area contributed by atoms with Crippen LogP contribution in [0.2, 0.25) is 0 Å². The normalized spacial score (nSPS) is 0. The van der Waals surface area contributed by atoms with Crippen molar-refractivity contribution in [3.63, 3.8) is 0 Å². The molecular formula is H11AuNO2Si. The summed E-state index contributed by atoms with van der Waals surface area (Å²) in [6.45, 7) is 0. The Morgan fingerprint density at radius 2 is 0.800 bits per heavy atom. The van der Waals surface area contributed by atoms with Gasteiger partial charge in [0, 0.05) is 22.4 Å². The molecule has 0 aliphatic heterocycles. The summed E-state index contributed by atoms with van der Waals surface area (Å²) in [5.41, 5.74) is 0. The predicted octanol–water partition coefficient (Wildman–Crippen LogP) is -2.94. The van der Waals surface area contributed by atoms with E-state index in [-0.39, 0.29) is 50.4 Å². The Kier molecular flexibility index (Phi) is 3960. The van der Waals surface area contributed by atoms with E-state index in [0.717, 1.165) is 0 Å². The van der Waals surface area contributed by atoms with Crippen LogP contribution in [0.4, 0.5) is 0 Å². The van der Waals surface area contributed by atoms with E-state index in [2.05, 4.69) is 0 Å². The summed E-state index contributed by atoms with van der Waals surface area (Å²) < 4.78 is 0. The van der Waals surface area contributed by atoms with Gasteiger partial charge in [-0.3, -0.25) is 0 Å². The summed E-state index contributed by atoms with van der Waals surface area (Å²) in [4.78, 5) is 0. The largest absolute Gasteiger partial charge is 0.412 e. The molecule has 7 N–H and O–H groups in total. The Bertz CT molecular complexity index is 9.61. The maximum atomic E-state index is 0.